The van der Waals surface area contributed by atoms with Crippen molar-refractivity contribution in [2.45, 2.75) is 82.9 Å². The highest BCUT2D eigenvalue weighted by atomic mass is 32.2. The smallest absolute Gasteiger partial charge is 0.206 e. The summed E-state index contributed by atoms with van der Waals surface area (Å²) in [5.74, 6) is 1.85. The number of sulfone groups is 1. The summed E-state index contributed by atoms with van der Waals surface area (Å²) in [6.45, 7) is 19.5. The van der Waals surface area contributed by atoms with Gasteiger partial charge in [-0.15, -0.1) is 0 Å². The van der Waals surface area contributed by atoms with Crippen molar-refractivity contribution in [3.8, 4) is 11.5 Å². The number of hydrogen-bond donors (Lipinski definition) is 1. The second-order valence-electron chi connectivity index (χ2n) is 11.5. The summed E-state index contributed by atoms with van der Waals surface area (Å²) in [6, 6.07) is 30.6. The van der Waals surface area contributed by atoms with E-state index in [0.717, 1.165) is 12.7 Å². The zero-order chi connectivity index (χ0) is 31.7. The summed E-state index contributed by atoms with van der Waals surface area (Å²) in [5, 5.41) is 7.00. The molecule has 0 spiro atoms. The van der Waals surface area contributed by atoms with E-state index in [9.17, 15) is 8.42 Å². The first-order chi connectivity index (χ1) is 19.8. The molecule has 0 aliphatic rings. The molecule has 4 aromatic carbocycles. The molecule has 5 heteroatoms. The van der Waals surface area contributed by atoms with Crippen LogP contribution in [0.3, 0.4) is 0 Å². The van der Waals surface area contributed by atoms with E-state index in [0.29, 0.717) is 17.4 Å². The lowest BCUT2D eigenvalue weighted by Crippen LogP contribution is -2.25. The van der Waals surface area contributed by atoms with Crippen molar-refractivity contribution in [1.82, 2.24) is 0 Å². The number of rotatable bonds is 8. The van der Waals surface area contributed by atoms with E-state index in [1.54, 1.807) is 48.5 Å². The van der Waals surface area contributed by atoms with Crippen LogP contribution < -0.4 is 4.74 Å². The van der Waals surface area contributed by atoms with Gasteiger partial charge in [0.25, 0.3) is 0 Å². The third-order valence-corrected chi connectivity index (χ3v) is 9.86. The molecule has 0 heterocycles. The molecular weight excluding hydrogens is 540 g/mol. The van der Waals surface area contributed by atoms with Gasteiger partial charge < -0.3 is 9.84 Å². The topological polar surface area (TPSA) is 63.6 Å². The average Bonchev–Trinajstić information content (AvgIpc) is 3.00. The number of benzene rings is 4. The van der Waals surface area contributed by atoms with Crippen LogP contribution in [0.4, 0.5) is 0 Å². The molecule has 4 aromatic rings. The fourth-order valence-corrected chi connectivity index (χ4v) is 5.69. The van der Waals surface area contributed by atoms with Crippen molar-refractivity contribution in [2.75, 3.05) is 7.11 Å². The first-order valence-electron chi connectivity index (χ1n) is 14.6. The van der Waals surface area contributed by atoms with Crippen LogP contribution in [0.15, 0.2) is 107 Å². The van der Waals surface area contributed by atoms with Gasteiger partial charge in [0.2, 0.25) is 9.84 Å². The molecule has 0 bridgehead atoms. The average molecular weight is 589 g/mol. The summed E-state index contributed by atoms with van der Waals surface area (Å²) in [6.07, 6.45) is 0. The highest BCUT2D eigenvalue weighted by Gasteiger charge is 2.27. The summed E-state index contributed by atoms with van der Waals surface area (Å²) in [5.41, 5.74) is 4.80. The van der Waals surface area contributed by atoms with Crippen LogP contribution in [-0.2, 0) is 20.7 Å². The number of aryl methyl sites for hydroxylation is 1. The first kappa shape index (κ1) is 34.8. The Hall–Kier alpha value is -3.41. The Morgan fingerprint density at radius 1 is 0.595 bits per heavy atom. The molecule has 0 aromatic heterocycles. The van der Waals surface area contributed by atoms with Crippen molar-refractivity contribution in [3.05, 3.63) is 119 Å². The standard InChI is InChI=1S/C34H38O3S.C2H6.CH4O/c1-24(2)33(4,5)26-10-12-27(13-11-26)34(6,7)28-14-16-29(17-15-28)37-30-18-22-32(23-19-30)38(35,36)31-20-8-25(3)9-21-31;2*1-2/h8-24H,1-7H3;1-2H3;2H,1H3. The molecule has 0 atom stereocenters. The highest BCUT2D eigenvalue weighted by molar-refractivity contribution is 7.91. The maximum atomic E-state index is 12.9. The molecule has 4 rings (SSSR count). The van der Waals surface area contributed by atoms with E-state index in [-0.39, 0.29) is 20.6 Å². The van der Waals surface area contributed by atoms with E-state index >= 15 is 0 Å². The molecule has 0 fully saturated rings. The second kappa shape index (κ2) is 14.7. The molecule has 0 unspecified atom stereocenters. The van der Waals surface area contributed by atoms with Crippen molar-refractivity contribution in [3.63, 3.8) is 0 Å². The van der Waals surface area contributed by atoms with Crippen LogP contribution >= 0.6 is 0 Å². The fraction of sp³-hybridized carbons (Fsp3) is 0.351. The Kier molecular flexibility index (Phi) is 12.1. The van der Waals surface area contributed by atoms with Crippen LogP contribution in [0.25, 0.3) is 0 Å². The van der Waals surface area contributed by atoms with Crippen molar-refractivity contribution >= 4 is 9.84 Å². The molecule has 0 radical (unpaired) electrons. The molecule has 226 valence electrons. The Morgan fingerprint density at radius 3 is 1.33 bits per heavy atom. The van der Waals surface area contributed by atoms with E-state index in [4.69, 9.17) is 9.84 Å². The lowest BCUT2D eigenvalue weighted by atomic mass is 9.73. The maximum Gasteiger partial charge on any atom is 0.206 e. The SMILES string of the molecule is CC.CO.Cc1ccc(S(=O)(=O)c2ccc(Oc3ccc(C(C)(C)c4ccc(C(C)(C)C(C)C)cc4)cc3)cc2)cc1. The zero-order valence-electron chi connectivity index (χ0n) is 26.9. The van der Waals surface area contributed by atoms with Gasteiger partial charge in [0.15, 0.2) is 0 Å². The summed E-state index contributed by atoms with van der Waals surface area (Å²) in [4.78, 5) is 0.529. The minimum Gasteiger partial charge on any atom is -0.457 e. The van der Waals surface area contributed by atoms with Crippen LogP contribution in [0.2, 0.25) is 0 Å². The molecule has 42 heavy (non-hydrogen) atoms. The van der Waals surface area contributed by atoms with Crippen LogP contribution in [0.1, 0.15) is 77.6 Å². The van der Waals surface area contributed by atoms with Gasteiger partial charge in [0.1, 0.15) is 11.5 Å². The lowest BCUT2D eigenvalue weighted by Gasteiger charge is -2.31. The minimum atomic E-state index is -3.56. The van der Waals surface area contributed by atoms with Crippen molar-refractivity contribution in [1.29, 1.82) is 0 Å². The zero-order valence-corrected chi connectivity index (χ0v) is 27.7. The van der Waals surface area contributed by atoms with Gasteiger partial charge in [-0.1, -0.05) is 109 Å². The number of ether oxygens (including phenoxy) is 1. The monoisotopic (exact) mass is 588 g/mol. The highest BCUT2D eigenvalue weighted by Crippen LogP contribution is 2.36. The molecular formula is C37H48O4S. The quantitative estimate of drug-likeness (QED) is 0.223. The molecule has 0 aliphatic heterocycles. The summed E-state index contributed by atoms with van der Waals surface area (Å²) in [7, 11) is -2.56. The van der Waals surface area contributed by atoms with E-state index in [2.05, 4.69) is 77.9 Å². The Bertz CT molecular complexity index is 1480. The minimum absolute atomic E-state index is 0.130. The third kappa shape index (κ3) is 7.90. The Labute approximate surface area is 254 Å². The predicted octanol–water partition coefficient (Wildman–Crippen LogP) is 9.51. The van der Waals surface area contributed by atoms with Crippen molar-refractivity contribution < 1.29 is 18.3 Å². The first-order valence-corrected chi connectivity index (χ1v) is 16.1. The fourth-order valence-electron chi connectivity index (χ4n) is 4.43. The van der Waals surface area contributed by atoms with Gasteiger partial charge in [-0.2, -0.15) is 0 Å². The molecule has 0 saturated carbocycles. The molecule has 0 amide bonds. The van der Waals surface area contributed by atoms with E-state index in [1.807, 2.05) is 32.9 Å². The van der Waals surface area contributed by atoms with Gasteiger partial charge in [0.05, 0.1) is 9.79 Å². The van der Waals surface area contributed by atoms with Gasteiger partial charge >= 0.3 is 0 Å². The molecule has 0 aliphatic carbocycles. The predicted molar refractivity (Wildman–Crippen MR) is 176 cm³/mol. The number of aliphatic hydroxyl groups excluding tert-OH is 1. The maximum absolute atomic E-state index is 12.9. The lowest BCUT2D eigenvalue weighted by molar-refractivity contribution is 0.372. The van der Waals surface area contributed by atoms with Crippen LogP contribution in [-0.4, -0.2) is 20.6 Å². The van der Waals surface area contributed by atoms with Gasteiger partial charge in [0, 0.05) is 12.5 Å². The molecule has 0 saturated heterocycles. The molecule has 4 nitrogen and oxygen atoms in total. The molecule has 1 N–H and O–H groups in total. The summed E-state index contributed by atoms with van der Waals surface area (Å²) >= 11 is 0. The largest absolute Gasteiger partial charge is 0.457 e. The van der Waals surface area contributed by atoms with Crippen LogP contribution in [0, 0.1) is 12.8 Å². The van der Waals surface area contributed by atoms with Gasteiger partial charge in [-0.05, 0) is 83.5 Å². The van der Waals surface area contributed by atoms with E-state index in [1.165, 1.54) is 16.7 Å². The third-order valence-electron chi connectivity index (χ3n) is 8.07. The van der Waals surface area contributed by atoms with Gasteiger partial charge in [-0.3, -0.25) is 0 Å². The number of aliphatic hydroxyl groups is 1. The summed E-state index contributed by atoms with van der Waals surface area (Å²) < 4.78 is 31.9. The van der Waals surface area contributed by atoms with Crippen molar-refractivity contribution in [2.24, 2.45) is 5.92 Å². The Morgan fingerprint density at radius 2 is 0.929 bits per heavy atom. The Balaban J connectivity index is 0.00000148. The number of hydrogen-bond acceptors (Lipinski definition) is 4. The van der Waals surface area contributed by atoms with Gasteiger partial charge in [-0.25, -0.2) is 8.42 Å². The normalized spacial score (nSPS) is 11.6. The van der Waals surface area contributed by atoms with E-state index < -0.39 is 9.84 Å². The second-order valence-corrected chi connectivity index (χ2v) is 13.4. The van der Waals surface area contributed by atoms with Crippen LogP contribution in [0.5, 0.6) is 11.5 Å².